The van der Waals surface area contributed by atoms with Gasteiger partial charge in [-0.1, -0.05) is 25.7 Å². The van der Waals surface area contributed by atoms with E-state index >= 15 is 0 Å². The second kappa shape index (κ2) is 6.27. The third kappa shape index (κ3) is 3.73. The van der Waals surface area contributed by atoms with E-state index in [0.717, 1.165) is 36.9 Å². The van der Waals surface area contributed by atoms with E-state index in [-0.39, 0.29) is 0 Å². The topological polar surface area (TPSA) is 69.6 Å². The number of carboxylic acid groups (broad SMARTS) is 1. The van der Waals surface area contributed by atoms with Gasteiger partial charge in [0, 0.05) is 12.2 Å². The highest BCUT2D eigenvalue weighted by Gasteiger charge is 2.27. The van der Waals surface area contributed by atoms with Gasteiger partial charge in [0.15, 0.2) is 0 Å². The van der Waals surface area contributed by atoms with Crippen molar-refractivity contribution in [1.29, 1.82) is 0 Å². The normalized spacial score (nSPS) is 18.3. The average Bonchev–Trinajstić information content (AvgIpc) is 2.62. The molecular weight excluding hydrogens is 254 g/mol. The van der Waals surface area contributed by atoms with Crippen molar-refractivity contribution >= 4 is 11.7 Å². The van der Waals surface area contributed by atoms with Gasteiger partial charge in [-0.2, -0.15) is 0 Å². The van der Waals surface area contributed by atoms with E-state index in [2.05, 4.69) is 5.32 Å². The maximum absolute atomic E-state index is 10.9. The van der Waals surface area contributed by atoms with Crippen LogP contribution in [0.15, 0.2) is 18.2 Å². The molecule has 0 unspecified atom stereocenters. The highest BCUT2D eigenvalue weighted by atomic mass is 16.4. The molecular formula is C16H23NO3. The number of benzene rings is 1. The van der Waals surface area contributed by atoms with E-state index in [1.807, 2.05) is 6.92 Å². The van der Waals surface area contributed by atoms with Crippen LogP contribution in [0.5, 0.6) is 0 Å². The van der Waals surface area contributed by atoms with Crippen molar-refractivity contribution in [2.24, 2.45) is 0 Å². The number of hydrogen-bond acceptors (Lipinski definition) is 3. The largest absolute Gasteiger partial charge is 0.478 e. The Morgan fingerprint density at radius 3 is 2.45 bits per heavy atom. The standard InChI is InChI=1S/C16H23NO3/c1-12-10-13(15(18)19)6-7-14(12)17-11-16(20)8-4-2-3-5-9-16/h6-7,10,17,20H,2-5,8-9,11H2,1H3,(H,18,19). The lowest BCUT2D eigenvalue weighted by molar-refractivity contribution is 0.0381. The summed E-state index contributed by atoms with van der Waals surface area (Å²) in [6.45, 7) is 2.41. The Bertz CT molecular complexity index is 477. The summed E-state index contributed by atoms with van der Waals surface area (Å²) in [4.78, 5) is 10.9. The van der Waals surface area contributed by atoms with Gasteiger partial charge in [0.25, 0.3) is 0 Å². The molecule has 1 aromatic carbocycles. The fourth-order valence-corrected chi connectivity index (χ4v) is 2.82. The van der Waals surface area contributed by atoms with Gasteiger partial charge in [-0.3, -0.25) is 0 Å². The van der Waals surface area contributed by atoms with Crippen LogP contribution in [0.3, 0.4) is 0 Å². The highest BCUT2D eigenvalue weighted by Crippen LogP contribution is 2.28. The summed E-state index contributed by atoms with van der Waals surface area (Å²) in [5, 5.41) is 22.8. The zero-order valence-corrected chi connectivity index (χ0v) is 12.0. The van der Waals surface area contributed by atoms with Crippen molar-refractivity contribution in [3.05, 3.63) is 29.3 Å². The summed E-state index contributed by atoms with van der Waals surface area (Å²) in [6, 6.07) is 5.02. The number of anilines is 1. The van der Waals surface area contributed by atoms with E-state index in [4.69, 9.17) is 5.11 Å². The van der Waals surface area contributed by atoms with Crippen LogP contribution in [-0.4, -0.2) is 28.3 Å². The molecule has 4 heteroatoms. The van der Waals surface area contributed by atoms with Crippen molar-refractivity contribution in [1.82, 2.24) is 0 Å². The minimum Gasteiger partial charge on any atom is -0.478 e. The first-order valence-corrected chi connectivity index (χ1v) is 7.30. The molecule has 0 spiro atoms. The zero-order valence-electron chi connectivity index (χ0n) is 12.0. The van der Waals surface area contributed by atoms with E-state index in [1.54, 1.807) is 18.2 Å². The average molecular weight is 277 g/mol. The van der Waals surface area contributed by atoms with Crippen LogP contribution >= 0.6 is 0 Å². The summed E-state index contributed by atoms with van der Waals surface area (Å²) in [7, 11) is 0. The molecule has 1 saturated carbocycles. The number of aliphatic hydroxyl groups is 1. The smallest absolute Gasteiger partial charge is 0.335 e. The van der Waals surface area contributed by atoms with Crippen LogP contribution in [0.4, 0.5) is 5.69 Å². The molecule has 1 aliphatic carbocycles. The number of nitrogens with one attached hydrogen (secondary N) is 1. The third-order valence-electron chi connectivity index (χ3n) is 4.12. The quantitative estimate of drug-likeness (QED) is 0.739. The molecule has 1 fully saturated rings. The first-order valence-electron chi connectivity index (χ1n) is 7.30. The van der Waals surface area contributed by atoms with Crippen molar-refractivity contribution < 1.29 is 15.0 Å². The van der Waals surface area contributed by atoms with Crippen LogP contribution in [0.2, 0.25) is 0 Å². The molecule has 0 saturated heterocycles. The van der Waals surface area contributed by atoms with Gasteiger partial charge in [-0.15, -0.1) is 0 Å². The summed E-state index contributed by atoms with van der Waals surface area (Å²) in [6.07, 6.45) is 6.24. The fourth-order valence-electron chi connectivity index (χ4n) is 2.82. The second-order valence-electron chi connectivity index (χ2n) is 5.83. The summed E-state index contributed by atoms with van der Waals surface area (Å²) >= 11 is 0. The van der Waals surface area contributed by atoms with Crippen LogP contribution in [0, 0.1) is 6.92 Å². The Morgan fingerprint density at radius 1 is 1.25 bits per heavy atom. The summed E-state index contributed by atoms with van der Waals surface area (Å²) in [5.74, 6) is -0.915. The van der Waals surface area contributed by atoms with Gasteiger partial charge >= 0.3 is 5.97 Å². The summed E-state index contributed by atoms with van der Waals surface area (Å²) < 4.78 is 0. The fraction of sp³-hybridized carbons (Fsp3) is 0.562. The van der Waals surface area contributed by atoms with E-state index < -0.39 is 11.6 Å². The molecule has 1 aliphatic rings. The van der Waals surface area contributed by atoms with Crippen molar-refractivity contribution in [3.63, 3.8) is 0 Å². The molecule has 20 heavy (non-hydrogen) atoms. The van der Waals surface area contributed by atoms with Gasteiger partial charge in [0.2, 0.25) is 0 Å². The number of rotatable bonds is 4. The van der Waals surface area contributed by atoms with Gasteiger partial charge in [0.1, 0.15) is 0 Å². The van der Waals surface area contributed by atoms with Crippen LogP contribution in [0.1, 0.15) is 54.4 Å². The maximum atomic E-state index is 10.9. The van der Waals surface area contributed by atoms with Gasteiger partial charge < -0.3 is 15.5 Å². The van der Waals surface area contributed by atoms with E-state index in [0.29, 0.717) is 12.1 Å². The predicted octanol–water partition coefficient (Wildman–Crippen LogP) is 3.19. The number of carbonyl (C=O) groups is 1. The number of hydrogen-bond donors (Lipinski definition) is 3. The van der Waals surface area contributed by atoms with Gasteiger partial charge in [-0.25, -0.2) is 4.79 Å². The second-order valence-corrected chi connectivity index (χ2v) is 5.83. The minimum atomic E-state index is -0.915. The van der Waals surface area contributed by atoms with E-state index in [9.17, 15) is 9.90 Å². The molecule has 0 heterocycles. The van der Waals surface area contributed by atoms with E-state index in [1.165, 1.54) is 12.8 Å². The molecule has 110 valence electrons. The maximum Gasteiger partial charge on any atom is 0.335 e. The Labute approximate surface area is 119 Å². The molecule has 1 aromatic rings. The van der Waals surface area contributed by atoms with Crippen molar-refractivity contribution in [2.75, 3.05) is 11.9 Å². The molecule has 4 nitrogen and oxygen atoms in total. The molecule has 0 atom stereocenters. The lowest BCUT2D eigenvalue weighted by Crippen LogP contribution is -2.36. The number of aromatic carboxylic acids is 1. The first-order chi connectivity index (χ1) is 9.50. The van der Waals surface area contributed by atoms with Crippen molar-refractivity contribution in [2.45, 2.75) is 51.0 Å². The van der Waals surface area contributed by atoms with Crippen LogP contribution < -0.4 is 5.32 Å². The monoisotopic (exact) mass is 277 g/mol. The SMILES string of the molecule is Cc1cc(C(=O)O)ccc1NCC1(O)CCCCCC1. The third-order valence-corrected chi connectivity index (χ3v) is 4.12. The number of carboxylic acids is 1. The Hall–Kier alpha value is -1.55. The van der Waals surface area contributed by atoms with Crippen LogP contribution in [-0.2, 0) is 0 Å². The van der Waals surface area contributed by atoms with Crippen molar-refractivity contribution in [3.8, 4) is 0 Å². The molecule has 0 bridgehead atoms. The first kappa shape index (κ1) is 14.9. The van der Waals surface area contributed by atoms with Crippen LogP contribution in [0.25, 0.3) is 0 Å². The zero-order chi connectivity index (χ0) is 14.6. The Balaban J connectivity index is 2.01. The molecule has 3 N–H and O–H groups in total. The summed E-state index contributed by atoms with van der Waals surface area (Å²) in [5.41, 5.74) is 1.45. The number of aryl methyl sites for hydroxylation is 1. The lowest BCUT2D eigenvalue weighted by atomic mass is 9.94. The molecule has 0 aliphatic heterocycles. The molecule has 0 aromatic heterocycles. The lowest BCUT2D eigenvalue weighted by Gasteiger charge is -2.27. The van der Waals surface area contributed by atoms with Gasteiger partial charge in [0.05, 0.1) is 11.2 Å². The Kier molecular flexibility index (Phi) is 4.65. The predicted molar refractivity (Wildman–Crippen MR) is 79.3 cm³/mol. The Morgan fingerprint density at radius 2 is 1.90 bits per heavy atom. The minimum absolute atomic E-state index is 0.293. The van der Waals surface area contributed by atoms with Gasteiger partial charge in [-0.05, 0) is 43.5 Å². The molecule has 0 amide bonds. The highest BCUT2D eigenvalue weighted by molar-refractivity contribution is 5.88. The molecule has 2 rings (SSSR count). The molecule has 0 radical (unpaired) electrons.